The second-order valence-corrected chi connectivity index (χ2v) is 3.65. The molecule has 0 heterocycles. The van der Waals surface area contributed by atoms with Gasteiger partial charge in [0.2, 0.25) is 0 Å². The molecule has 0 aromatic heterocycles. The van der Waals surface area contributed by atoms with E-state index in [1.54, 1.807) is 25.1 Å². The molecular formula is C14H16O3. The monoisotopic (exact) mass is 232 g/mol. The molecule has 1 rings (SSSR count). The number of carbonyl (C=O) groups excluding carboxylic acids is 2. The van der Waals surface area contributed by atoms with E-state index >= 15 is 0 Å². The molecule has 0 saturated heterocycles. The van der Waals surface area contributed by atoms with Gasteiger partial charge in [0.1, 0.15) is 6.29 Å². The van der Waals surface area contributed by atoms with Crippen molar-refractivity contribution in [3.63, 3.8) is 0 Å². The molecule has 17 heavy (non-hydrogen) atoms. The van der Waals surface area contributed by atoms with E-state index in [0.717, 1.165) is 17.4 Å². The van der Waals surface area contributed by atoms with E-state index < -0.39 is 0 Å². The van der Waals surface area contributed by atoms with Gasteiger partial charge in [-0.3, -0.25) is 9.59 Å². The lowest BCUT2D eigenvalue weighted by Crippen LogP contribution is -2.01. The first kappa shape index (κ1) is 13.2. The first-order valence-electron chi connectivity index (χ1n) is 5.55. The van der Waals surface area contributed by atoms with Crippen LogP contribution in [0, 0.1) is 6.92 Å². The van der Waals surface area contributed by atoms with Crippen molar-refractivity contribution >= 4 is 18.3 Å². The molecule has 3 heteroatoms. The molecule has 0 amide bonds. The Morgan fingerprint density at radius 2 is 2.18 bits per heavy atom. The van der Waals surface area contributed by atoms with Gasteiger partial charge in [0.25, 0.3) is 0 Å². The van der Waals surface area contributed by atoms with Crippen molar-refractivity contribution in [1.29, 1.82) is 0 Å². The molecule has 0 aliphatic rings. The number of ether oxygens (including phenoxy) is 1. The van der Waals surface area contributed by atoms with Crippen molar-refractivity contribution in [3.05, 3.63) is 41.0 Å². The average molecular weight is 232 g/mol. The highest BCUT2D eigenvalue weighted by Gasteiger charge is 1.99. The van der Waals surface area contributed by atoms with E-state index in [1.165, 1.54) is 0 Å². The van der Waals surface area contributed by atoms with Crippen LogP contribution in [0.25, 0.3) is 6.08 Å². The molecule has 1 aromatic carbocycles. The fourth-order valence-electron chi connectivity index (χ4n) is 1.41. The van der Waals surface area contributed by atoms with Crippen LogP contribution in [0.3, 0.4) is 0 Å². The van der Waals surface area contributed by atoms with E-state index in [2.05, 4.69) is 0 Å². The largest absolute Gasteiger partial charge is 0.466 e. The molecule has 1 aromatic rings. The van der Waals surface area contributed by atoms with E-state index in [9.17, 15) is 9.59 Å². The van der Waals surface area contributed by atoms with E-state index in [1.807, 2.05) is 19.1 Å². The van der Waals surface area contributed by atoms with Gasteiger partial charge < -0.3 is 4.74 Å². The van der Waals surface area contributed by atoms with Gasteiger partial charge in [0.05, 0.1) is 13.0 Å². The minimum atomic E-state index is -0.243. The third-order valence-corrected chi connectivity index (χ3v) is 2.33. The van der Waals surface area contributed by atoms with Gasteiger partial charge in [-0.15, -0.1) is 0 Å². The summed E-state index contributed by atoms with van der Waals surface area (Å²) in [7, 11) is 0. The predicted octanol–water partition coefficient (Wildman–Crippen LogP) is 2.77. The smallest absolute Gasteiger partial charge is 0.309 e. The minimum absolute atomic E-state index is 0.243. The predicted molar refractivity (Wildman–Crippen MR) is 66.9 cm³/mol. The highest BCUT2D eigenvalue weighted by molar-refractivity contribution is 5.77. The minimum Gasteiger partial charge on any atom is -0.466 e. The highest BCUT2D eigenvalue weighted by Crippen LogP contribution is 2.12. The Morgan fingerprint density at radius 1 is 1.41 bits per heavy atom. The van der Waals surface area contributed by atoms with Crippen molar-refractivity contribution in [3.8, 4) is 0 Å². The second-order valence-electron chi connectivity index (χ2n) is 3.65. The van der Waals surface area contributed by atoms with Gasteiger partial charge in [0.15, 0.2) is 0 Å². The molecular weight excluding hydrogens is 216 g/mol. The van der Waals surface area contributed by atoms with Crippen LogP contribution in [0.2, 0.25) is 0 Å². The zero-order valence-corrected chi connectivity index (χ0v) is 10.1. The summed E-state index contributed by atoms with van der Waals surface area (Å²) in [4.78, 5) is 21.8. The number of aryl methyl sites for hydroxylation is 1. The van der Waals surface area contributed by atoms with Crippen LogP contribution in [-0.4, -0.2) is 18.9 Å². The number of hydrogen-bond acceptors (Lipinski definition) is 3. The van der Waals surface area contributed by atoms with E-state index in [0.29, 0.717) is 12.2 Å². The molecule has 0 spiro atoms. The quantitative estimate of drug-likeness (QED) is 0.579. The van der Waals surface area contributed by atoms with Gasteiger partial charge in [-0.2, -0.15) is 0 Å². The normalized spacial score (nSPS) is 10.5. The Balaban J connectivity index is 2.70. The maximum absolute atomic E-state index is 11.1. The van der Waals surface area contributed by atoms with Crippen molar-refractivity contribution in [1.82, 2.24) is 0 Å². The third-order valence-electron chi connectivity index (χ3n) is 2.33. The molecule has 0 bridgehead atoms. The maximum Gasteiger partial charge on any atom is 0.309 e. The molecule has 3 nitrogen and oxygen atoms in total. The van der Waals surface area contributed by atoms with Crippen LogP contribution < -0.4 is 0 Å². The van der Waals surface area contributed by atoms with Crippen molar-refractivity contribution < 1.29 is 14.3 Å². The van der Waals surface area contributed by atoms with E-state index in [-0.39, 0.29) is 12.4 Å². The van der Waals surface area contributed by atoms with Crippen LogP contribution in [0.15, 0.2) is 24.3 Å². The molecule has 0 aliphatic heterocycles. The number of aldehydes is 1. The molecule has 90 valence electrons. The summed E-state index contributed by atoms with van der Waals surface area (Å²) >= 11 is 0. The fourth-order valence-corrected chi connectivity index (χ4v) is 1.41. The van der Waals surface area contributed by atoms with Gasteiger partial charge in [-0.05, 0) is 31.0 Å². The number of hydrogen-bond donors (Lipinski definition) is 0. The van der Waals surface area contributed by atoms with Gasteiger partial charge >= 0.3 is 5.97 Å². The maximum atomic E-state index is 11.1. The zero-order valence-electron chi connectivity index (χ0n) is 10.1. The SMILES string of the molecule is CCOC(=O)CC=Cc1cc(C=O)ccc1C. The first-order valence-corrected chi connectivity index (χ1v) is 5.55. The topological polar surface area (TPSA) is 43.4 Å². The Kier molecular flexibility index (Phi) is 5.14. The number of rotatable bonds is 5. The molecule has 0 atom stereocenters. The van der Waals surface area contributed by atoms with Crippen LogP contribution in [0.1, 0.15) is 34.8 Å². The van der Waals surface area contributed by atoms with Crippen LogP contribution >= 0.6 is 0 Å². The Morgan fingerprint density at radius 3 is 2.82 bits per heavy atom. The summed E-state index contributed by atoms with van der Waals surface area (Å²) in [5, 5.41) is 0. The lowest BCUT2D eigenvalue weighted by molar-refractivity contribution is -0.142. The van der Waals surface area contributed by atoms with Crippen molar-refractivity contribution in [2.24, 2.45) is 0 Å². The summed E-state index contributed by atoms with van der Waals surface area (Å²) in [5.74, 6) is -0.243. The van der Waals surface area contributed by atoms with Crippen LogP contribution in [0.4, 0.5) is 0 Å². The summed E-state index contributed by atoms with van der Waals surface area (Å²) in [6.07, 6.45) is 4.63. The van der Waals surface area contributed by atoms with Crippen molar-refractivity contribution in [2.45, 2.75) is 20.3 Å². The number of esters is 1. The molecule has 0 unspecified atom stereocenters. The molecule has 0 aliphatic carbocycles. The highest BCUT2D eigenvalue weighted by atomic mass is 16.5. The summed E-state index contributed by atoms with van der Waals surface area (Å²) < 4.78 is 4.81. The van der Waals surface area contributed by atoms with Crippen LogP contribution in [0.5, 0.6) is 0 Å². The lowest BCUT2D eigenvalue weighted by Gasteiger charge is -2.01. The lowest BCUT2D eigenvalue weighted by atomic mass is 10.0. The molecule has 0 fully saturated rings. The number of carbonyl (C=O) groups is 2. The number of benzene rings is 1. The van der Waals surface area contributed by atoms with E-state index in [4.69, 9.17) is 4.74 Å². The Bertz CT molecular complexity index is 433. The molecule has 0 N–H and O–H groups in total. The zero-order chi connectivity index (χ0) is 12.7. The Labute approximate surface area is 101 Å². The van der Waals surface area contributed by atoms with Gasteiger partial charge in [-0.1, -0.05) is 24.3 Å². The fraction of sp³-hybridized carbons (Fsp3) is 0.286. The Hall–Kier alpha value is -1.90. The average Bonchev–Trinajstić information content (AvgIpc) is 2.32. The standard InChI is InChI=1S/C14H16O3/c1-3-17-14(16)6-4-5-13-9-12(10-15)8-7-11(13)2/h4-5,7-10H,3,6H2,1-2H3. The third kappa shape index (κ3) is 4.23. The molecule has 0 saturated carbocycles. The summed E-state index contributed by atoms with van der Waals surface area (Å²) in [6.45, 7) is 4.13. The summed E-state index contributed by atoms with van der Waals surface area (Å²) in [6, 6.07) is 5.45. The first-order chi connectivity index (χ1) is 8.17. The van der Waals surface area contributed by atoms with Crippen LogP contribution in [-0.2, 0) is 9.53 Å². The van der Waals surface area contributed by atoms with Crippen molar-refractivity contribution in [2.75, 3.05) is 6.61 Å². The van der Waals surface area contributed by atoms with Gasteiger partial charge in [0, 0.05) is 5.56 Å². The summed E-state index contributed by atoms with van der Waals surface area (Å²) in [5.41, 5.74) is 2.64. The van der Waals surface area contributed by atoms with Gasteiger partial charge in [-0.25, -0.2) is 0 Å². The molecule has 0 radical (unpaired) electrons. The second kappa shape index (κ2) is 6.63.